The highest BCUT2D eigenvalue weighted by Crippen LogP contribution is 2.20. The molecule has 1 amide bonds. The van der Waals surface area contributed by atoms with Gasteiger partial charge in [0.05, 0.1) is 25.7 Å². The first-order valence-electron chi connectivity index (χ1n) is 12.5. The maximum Gasteiger partial charge on any atom is 0.408 e. The topological polar surface area (TPSA) is 91.6 Å². The average Bonchev–Trinajstić information content (AvgIpc) is 2.85. The molecule has 208 valence electrons. The summed E-state index contributed by atoms with van der Waals surface area (Å²) in [7, 11) is 0. The van der Waals surface area contributed by atoms with Gasteiger partial charge in [-0.15, -0.1) is 0 Å². The Morgan fingerprint density at radius 2 is 1.64 bits per heavy atom. The second-order valence-corrected chi connectivity index (χ2v) is 9.91. The molecule has 0 radical (unpaired) electrons. The highest BCUT2D eigenvalue weighted by molar-refractivity contribution is 5.68. The van der Waals surface area contributed by atoms with Crippen LogP contribution in [0, 0.1) is 18.6 Å². The van der Waals surface area contributed by atoms with Crippen LogP contribution in [-0.4, -0.2) is 27.4 Å². The van der Waals surface area contributed by atoms with E-state index in [9.17, 15) is 23.2 Å². The third-order valence-corrected chi connectivity index (χ3v) is 5.92. The molecule has 39 heavy (non-hydrogen) atoms. The van der Waals surface area contributed by atoms with Crippen LogP contribution in [-0.2, 0) is 22.6 Å². The summed E-state index contributed by atoms with van der Waals surface area (Å²) in [6.45, 7) is 11.6. The van der Waals surface area contributed by atoms with Crippen LogP contribution in [0.1, 0.15) is 56.1 Å². The molecule has 0 spiro atoms. The quantitative estimate of drug-likeness (QED) is 0.389. The molecule has 0 aliphatic carbocycles. The number of hydrogen-bond acceptors (Lipinski definition) is 5. The predicted molar refractivity (Wildman–Crippen MR) is 144 cm³/mol. The summed E-state index contributed by atoms with van der Waals surface area (Å²) in [6.07, 6.45) is -0.746. The molecule has 1 heterocycles. The van der Waals surface area contributed by atoms with Crippen LogP contribution in [0.15, 0.2) is 64.7 Å². The Morgan fingerprint density at radius 3 is 2.21 bits per heavy atom. The smallest absolute Gasteiger partial charge is 0.408 e. The fraction of sp³-hybridized carbons (Fsp3) is 0.345. The molecule has 3 rings (SSSR count). The van der Waals surface area contributed by atoms with Gasteiger partial charge in [0, 0.05) is 11.3 Å². The fourth-order valence-electron chi connectivity index (χ4n) is 4.11. The molecular weight excluding hydrogens is 508 g/mol. The zero-order valence-corrected chi connectivity index (χ0v) is 22.7. The van der Waals surface area contributed by atoms with Crippen molar-refractivity contribution in [2.75, 3.05) is 6.61 Å². The molecule has 2 aromatic carbocycles. The maximum atomic E-state index is 14.5. The average molecular weight is 542 g/mol. The first kappa shape index (κ1) is 29.3. The number of carbonyl (C=O) groups excluding carboxylic acids is 1. The monoisotopic (exact) mass is 541 g/mol. The number of aromatic nitrogens is 2. The Bertz CT molecular complexity index is 1450. The molecule has 10 heteroatoms. The van der Waals surface area contributed by atoms with Gasteiger partial charge in [0.25, 0.3) is 5.56 Å². The number of hydrogen-bond donors (Lipinski definition) is 1. The Labute approximate surface area is 225 Å². The first-order chi connectivity index (χ1) is 18.3. The summed E-state index contributed by atoms with van der Waals surface area (Å²) in [5, 5.41) is 2.73. The number of nitrogens with zero attached hydrogens (tertiary/aromatic N) is 2. The van der Waals surface area contributed by atoms with E-state index in [0.717, 1.165) is 21.3 Å². The molecule has 0 saturated heterocycles. The standard InChI is InChI=1S/C29H33F2N3O5/c1-7-38-19(3)25-18(2)33(16-21-22(30)14-11-15-23(21)31)28(37)34(26(25)35)17-24(20-12-9-8-10-13-20)32-27(36)39-29(4,5)6/h8-15,24H,3,7,16-17H2,1-2,4-6H3,(H,32,36)/t24-/m0/s1. The van der Waals surface area contributed by atoms with Gasteiger partial charge in [-0.1, -0.05) is 43.0 Å². The van der Waals surface area contributed by atoms with Crippen LogP contribution in [0.5, 0.6) is 0 Å². The van der Waals surface area contributed by atoms with Gasteiger partial charge in [-0.2, -0.15) is 0 Å². The van der Waals surface area contributed by atoms with Crippen LogP contribution in [0.25, 0.3) is 5.76 Å². The van der Waals surface area contributed by atoms with Gasteiger partial charge in [0.2, 0.25) is 0 Å². The Balaban J connectivity index is 2.19. The largest absolute Gasteiger partial charge is 0.494 e. The summed E-state index contributed by atoms with van der Waals surface area (Å²) in [5.41, 5.74) is -1.94. The fourth-order valence-corrected chi connectivity index (χ4v) is 4.11. The number of amides is 1. The summed E-state index contributed by atoms with van der Waals surface area (Å²) >= 11 is 0. The van der Waals surface area contributed by atoms with Crippen molar-refractivity contribution in [3.05, 3.63) is 110 Å². The van der Waals surface area contributed by atoms with E-state index in [4.69, 9.17) is 9.47 Å². The summed E-state index contributed by atoms with van der Waals surface area (Å²) < 4.78 is 42.0. The Kier molecular flexibility index (Phi) is 9.11. The van der Waals surface area contributed by atoms with E-state index in [2.05, 4.69) is 11.9 Å². The number of rotatable bonds is 9. The van der Waals surface area contributed by atoms with Crippen LogP contribution in [0.2, 0.25) is 0 Å². The highest BCUT2D eigenvalue weighted by atomic mass is 19.1. The van der Waals surface area contributed by atoms with Crippen molar-refractivity contribution < 1.29 is 23.0 Å². The molecule has 1 aromatic heterocycles. The highest BCUT2D eigenvalue weighted by Gasteiger charge is 2.26. The van der Waals surface area contributed by atoms with Crippen molar-refractivity contribution in [1.29, 1.82) is 0 Å². The zero-order chi connectivity index (χ0) is 28.9. The number of alkyl carbamates (subject to hydrolysis) is 1. The van der Waals surface area contributed by atoms with Crippen LogP contribution in [0.4, 0.5) is 13.6 Å². The minimum Gasteiger partial charge on any atom is -0.494 e. The van der Waals surface area contributed by atoms with E-state index in [1.807, 2.05) is 0 Å². The number of carbonyl (C=O) groups is 1. The summed E-state index contributed by atoms with van der Waals surface area (Å²) in [5.74, 6) is -1.66. The second kappa shape index (κ2) is 12.1. The molecule has 0 aliphatic rings. The molecule has 8 nitrogen and oxygen atoms in total. The van der Waals surface area contributed by atoms with Gasteiger partial charge in [-0.25, -0.2) is 18.4 Å². The number of ether oxygens (including phenoxy) is 2. The SMILES string of the molecule is C=C(OCC)c1c(C)n(Cc2c(F)cccc2F)c(=O)n(C[C@H](NC(=O)OC(C)(C)C)c2ccccc2)c1=O. The van der Waals surface area contributed by atoms with Gasteiger partial charge in [0.15, 0.2) is 0 Å². The third kappa shape index (κ3) is 7.01. The normalized spacial score (nSPS) is 12.1. The van der Waals surface area contributed by atoms with Crippen molar-refractivity contribution in [3.8, 4) is 0 Å². The lowest BCUT2D eigenvalue weighted by Crippen LogP contribution is -2.46. The summed E-state index contributed by atoms with van der Waals surface area (Å²) in [4.78, 5) is 40.1. The molecular formula is C29H33F2N3O5. The van der Waals surface area contributed by atoms with E-state index in [1.54, 1.807) is 58.0 Å². The van der Waals surface area contributed by atoms with Crippen LogP contribution < -0.4 is 16.6 Å². The lowest BCUT2D eigenvalue weighted by atomic mass is 10.1. The third-order valence-electron chi connectivity index (χ3n) is 5.92. The van der Waals surface area contributed by atoms with Crippen LogP contribution in [0.3, 0.4) is 0 Å². The van der Waals surface area contributed by atoms with E-state index in [0.29, 0.717) is 5.56 Å². The molecule has 1 atom stereocenters. The van der Waals surface area contributed by atoms with E-state index < -0.39 is 47.2 Å². The maximum absolute atomic E-state index is 14.5. The number of halogens is 2. The van der Waals surface area contributed by atoms with Crippen molar-refractivity contribution in [3.63, 3.8) is 0 Å². The predicted octanol–water partition coefficient (Wildman–Crippen LogP) is 4.92. The van der Waals surface area contributed by atoms with Crippen molar-refractivity contribution in [1.82, 2.24) is 14.5 Å². The van der Waals surface area contributed by atoms with Gasteiger partial charge in [0.1, 0.15) is 28.6 Å². The van der Waals surface area contributed by atoms with E-state index in [1.165, 1.54) is 13.0 Å². The van der Waals surface area contributed by atoms with Crippen molar-refractivity contribution in [2.24, 2.45) is 0 Å². The molecule has 0 fully saturated rings. The first-order valence-corrected chi connectivity index (χ1v) is 12.5. The number of benzene rings is 2. The Morgan fingerprint density at radius 1 is 1.03 bits per heavy atom. The molecule has 1 N–H and O–H groups in total. The minimum absolute atomic E-state index is 0.00729. The lowest BCUT2D eigenvalue weighted by molar-refractivity contribution is 0.0497. The van der Waals surface area contributed by atoms with Gasteiger partial charge in [-0.05, 0) is 52.3 Å². The van der Waals surface area contributed by atoms with Gasteiger partial charge in [-0.3, -0.25) is 13.9 Å². The van der Waals surface area contributed by atoms with Crippen LogP contribution >= 0.6 is 0 Å². The van der Waals surface area contributed by atoms with Crippen molar-refractivity contribution >= 4 is 11.9 Å². The minimum atomic E-state index is -0.860. The van der Waals surface area contributed by atoms with Gasteiger partial charge >= 0.3 is 11.8 Å². The zero-order valence-electron chi connectivity index (χ0n) is 22.7. The lowest BCUT2D eigenvalue weighted by Gasteiger charge is -2.25. The molecule has 0 bridgehead atoms. The van der Waals surface area contributed by atoms with E-state index >= 15 is 0 Å². The van der Waals surface area contributed by atoms with Gasteiger partial charge < -0.3 is 14.8 Å². The molecule has 0 saturated carbocycles. The number of nitrogens with one attached hydrogen (secondary N) is 1. The Hall–Kier alpha value is -4.21. The molecule has 0 unspecified atom stereocenters. The summed E-state index contributed by atoms with van der Waals surface area (Å²) in [6, 6.07) is 11.3. The second-order valence-electron chi connectivity index (χ2n) is 9.91. The molecule has 3 aromatic rings. The van der Waals surface area contributed by atoms with E-state index in [-0.39, 0.29) is 35.7 Å². The van der Waals surface area contributed by atoms with Crippen molar-refractivity contribution in [2.45, 2.75) is 59.4 Å². The molecule has 0 aliphatic heterocycles.